The number of hydrogen-bond donors (Lipinski definition) is 1. The van der Waals surface area contributed by atoms with Crippen LogP contribution in [0.1, 0.15) is 106 Å². The Morgan fingerprint density at radius 3 is 1.31 bits per heavy atom. The number of cyclic esters (lactones) is 1. The Morgan fingerprint density at radius 2 is 0.964 bits per heavy atom. The zero-order valence-corrected chi connectivity index (χ0v) is 36.6. The number of esters is 1. The van der Waals surface area contributed by atoms with Crippen molar-refractivity contribution in [2.75, 3.05) is 13.2 Å². The number of carbonyl (C=O) groups is 1. The third kappa shape index (κ3) is 9.62. The number of ether oxygens (including phenoxy) is 1. The maximum atomic E-state index is 14.1. The van der Waals surface area contributed by atoms with Gasteiger partial charge in [0.05, 0.1) is 25.2 Å². The van der Waals surface area contributed by atoms with Crippen molar-refractivity contribution in [1.82, 2.24) is 0 Å². The van der Waals surface area contributed by atoms with Crippen molar-refractivity contribution in [2.45, 2.75) is 128 Å². The maximum Gasteiger partial charge on any atom is 0.312 e. The van der Waals surface area contributed by atoms with Crippen molar-refractivity contribution in [1.29, 1.82) is 0 Å². The summed E-state index contributed by atoms with van der Waals surface area (Å²) < 4.78 is 21.7. The quantitative estimate of drug-likeness (QED) is 0.0586. The smallest absolute Gasteiger partial charge is 0.312 e. The highest BCUT2D eigenvalue weighted by molar-refractivity contribution is 7.00. The molecule has 0 saturated carbocycles. The summed E-state index contributed by atoms with van der Waals surface area (Å²) in [6.45, 7) is 16.1. The number of aliphatic hydroxyl groups is 1. The van der Waals surface area contributed by atoms with Crippen LogP contribution >= 0.6 is 0 Å². The van der Waals surface area contributed by atoms with Crippen LogP contribution in [-0.4, -0.2) is 52.6 Å². The predicted molar refractivity (Wildman–Crippen MR) is 233 cm³/mol. The van der Waals surface area contributed by atoms with Crippen molar-refractivity contribution in [3.05, 3.63) is 121 Å². The van der Waals surface area contributed by atoms with Gasteiger partial charge in [-0.15, -0.1) is 0 Å². The second kappa shape index (κ2) is 18.7. The minimum Gasteiger partial charge on any atom is -0.454 e. The van der Waals surface area contributed by atoms with Gasteiger partial charge < -0.3 is 18.7 Å². The summed E-state index contributed by atoms with van der Waals surface area (Å²) in [5, 5.41) is 15.8. The topological polar surface area (TPSA) is 65.0 Å². The van der Waals surface area contributed by atoms with Crippen LogP contribution in [0.15, 0.2) is 121 Å². The van der Waals surface area contributed by atoms with Gasteiger partial charge in [-0.1, -0.05) is 215 Å². The fraction of sp³-hybridized carbons (Fsp3) is 0.479. The lowest BCUT2D eigenvalue weighted by Crippen LogP contribution is -2.69. The van der Waals surface area contributed by atoms with E-state index >= 15 is 0 Å². The summed E-state index contributed by atoms with van der Waals surface area (Å²) >= 11 is 0. The van der Waals surface area contributed by atoms with Crippen LogP contribution in [-0.2, 0) is 18.4 Å². The molecular formula is C48H66O5Si2. The third-order valence-electron chi connectivity index (χ3n) is 11.7. The first-order valence-corrected chi connectivity index (χ1v) is 24.5. The van der Waals surface area contributed by atoms with Gasteiger partial charge in [0.25, 0.3) is 16.6 Å². The molecule has 1 fully saturated rings. The highest BCUT2D eigenvalue weighted by Crippen LogP contribution is 2.43. The lowest BCUT2D eigenvalue weighted by atomic mass is 9.89. The van der Waals surface area contributed by atoms with Gasteiger partial charge in [-0.25, -0.2) is 0 Å². The van der Waals surface area contributed by atoms with Crippen molar-refractivity contribution in [3.8, 4) is 0 Å². The van der Waals surface area contributed by atoms with E-state index in [1.54, 1.807) is 0 Å². The molecule has 0 aromatic heterocycles. The number of rotatable bonds is 19. The van der Waals surface area contributed by atoms with E-state index in [0.29, 0.717) is 12.8 Å². The monoisotopic (exact) mass is 778 g/mol. The van der Waals surface area contributed by atoms with Gasteiger partial charge >= 0.3 is 5.97 Å². The van der Waals surface area contributed by atoms with Crippen LogP contribution in [0.4, 0.5) is 0 Å². The van der Waals surface area contributed by atoms with Crippen molar-refractivity contribution in [3.63, 3.8) is 0 Å². The Morgan fingerprint density at radius 1 is 0.618 bits per heavy atom. The van der Waals surface area contributed by atoms with E-state index in [-0.39, 0.29) is 29.3 Å². The maximum absolute atomic E-state index is 14.1. The van der Waals surface area contributed by atoms with Crippen LogP contribution in [0.3, 0.4) is 0 Å². The molecule has 296 valence electrons. The molecule has 0 radical (unpaired) electrons. The molecule has 7 heteroatoms. The number of unbranched alkanes of at least 4 members (excludes halogenated alkanes) is 6. The Hall–Kier alpha value is -3.34. The van der Waals surface area contributed by atoms with E-state index in [1.807, 2.05) is 24.3 Å². The molecule has 0 spiro atoms. The third-order valence-corrected chi connectivity index (χ3v) is 21.7. The van der Waals surface area contributed by atoms with E-state index < -0.39 is 34.3 Å². The van der Waals surface area contributed by atoms with Gasteiger partial charge in [0, 0.05) is 6.42 Å². The van der Waals surface area contributed by atoms with Crippen LogP contribution in [0, 0.1) is 5.92 Å². The number of hydrogen-bond acceptors (Lipinski definition) is 5. The van der Waals surface area contributed by atoms with Crippen molar-refractivity contribution < 1.29 is 23.5 Å². The average Bonchev–Trinajstić information content (AvgIpc) is 3.51. The summed E-state index contributed by atoms with van der Waals surface area (Å²) in [6.07, 6.45) is 8.20. The zero-order chi connectivity index (χ0) is 39.6. The highest BCUT2D eigenvalue weighted by atomic mass is 28.4. The molecule has 1 N–H and O–H groups in total. The largest absolute Gasteiger partial charge is 0.454 e. The van der Waals surface area contributed by atoms with Gasteiger partial charge in [0.1, 0.15) is 0 Å². The molecule has 1 heterocycles. The zero-order valence-electron chi connectivity index (χ0n) is 34.6. The van der Waals surface area contributed by atoms with Crippen LogP contribution in [0.5, 0.6) is 0 Å². The van der Waals surface area contributed by atoms with Crippen LogP contribution in [0.25, 0.3) is 0 Å². The van der Waals surface area contributed by atoms with Crippen molar-refractivity contribution >= 4 is 43.4 Å². The predicted octanol–water partition coefficient (Wildman–Crippen LogP) is 8.94. The number of carbonyl (C=O) groups excluding carboxylic acids is 1. The van der Waals surface area contributed by atoms with E-state index in [4.69, 9.17) is 13.6 Å². The van der Waals surface area contributed by atoms with Crippen molar-refractivity contribution in [2.24, 2.45) is 5.92 Å². The molecule has 1 aliphatic rings. The average molecular weight is 779 g/mol. The molecule has 0 amide bonds. The second-order valence-electron chi connectivity index (χ2n) is 17.8. The standard InChI is InChI=1S/C48H66O5Si2/c1-8-9-10-11-12-13-26-35-44(49)43-36-48(53-45(43)50,37-51-54(46(2,3)4,39-27-18-14-19-28-39)40-29-20-15-21-30-40)38-52-55(47(5,6)7,41-31-22-16-23-32-41)42-33-24-17-25-34-42/h14-25,27-34,43-44,49H,8-13,26,35-38H2,1-7H3. The van der Waals surface area contributed by atoms with E-state index in [9.17, 15) is 9.90 Å². The molecule has 5 nitrogen and oxygen atoms in total. The van der Waals surface area contributed by atoms with Gasteiger partial charge in [0.2, 0.25) is 0 Å². The molecule has 0 bridgehead atoms. The molecule has 4 aromatic carbocycles. The normalized spacial score (nSPS) is 16.9. The lowest BCUT2D eigenvalue weighted by molar-refractivity contribution is -0.157. The second-order valence-corrected chi connectivity index (χ2v) is 26.4. The molecule has 4 aromatic rings. The Bertz CT molecular complexity index is 1550. The van der Waals surface area contributed by atoms with E-state index in [1.165, 1.54) is 25.7 Å². The number of aliphatic hydroxyl groups excluding tert-OH is 1. The molecular weight excluding hydrogens is 713 g/mol. The van der Waals surface area contributed by atoms with Gasteiger partial charge in [0.15, 0.2) is 5.60 Å². The molecule has 2 unspecified atom stereocenters. The Labute approximate surface area is 334 Å². The minimum absolute atomic E-state index is 0.158. The number of benzene rings is 4. The molecule has 55 heavy (non-hydrogen) atoms. The summed E-state index contributed by atoms with van der Waals surface area (Å²) in [5.41, 5.74) is -1.11. The summed E-state index contributed by atoms with van der Waals surface area (Å²) in [4.78, 5) is 14.1. The molecule has 2 atom stereocenters. The van der Waals surface area contributed by atoms with E-state index in [0.717, 1.165) is 40.0 Å². The summed E-state index contributed by atoms with van der Waals surface area (Å²) in [7, 11) is -6.02. The Balaban J connectivity index is 1.55. The van der Waals surface area contributed by atoms with Gasteiger partial charge in [-0.05, 0) is 37.2 Å². The fourth-order valence-corrected chi connectivity index (χ4v) is 18.1. The first-order chi connectivity index (χ1) is 26.3. The highest BCUT2D eigenvalue weighted by Gasteiger charge is 2.57. The molecule has 1 saturated heterocycles. The van der Waals surface area contributed by atoms with Gasteiger partial charge in [-0.3, -0.25) is 4.79 Å². The Kier molecular flexibility index (Phi) is 14.6. The SMILES string of the molecule is CCCCCCCCCC(O)C1CC(CO[Si](c2ccccc2)(c2ccccc2)C(C)(C)C)(CO[Si](c2ccccc2)(c2ccccc2)C(C)(C)C)OC1=O. The minimum atomic E-state index is -3.01. The van der Waals surface area contributed by atoms with Crippen LogP contribution < -0.4 is 20.7 Å². The summed E-state index contributed by atoms with van der Waals surface area (Å²) in [6, 6.07) is 42.4. The molecule has 1 aliphatic heterocycles. The fourth-order valence-electron chi connectivity index (χ4n) is 8.84. The van der Waals surface area contributed by atoms with Crippen LogP contribution in [0.2, 0.25) is 10.1 Å². The first-order valence-electron chi connectivity index (χ1n) is 20.7. The van der Waals surface area contributed by atoms with E-state index in [2.05, 4.69) is 146 Å². The summed E-state index contributed by atoms with van der Waals surface area (Å²) in [5.74, 6) is -1.00. The first kappa shape index (κ1) is 42.8. The molecule has 0 aliphatic carbocycles. The lowest BCUT2D eigenvalue weighted by Gasteiger charge is -2.47. The van der Waals surface area contributed by atoms with Gasteiger partial charge in [-0.2, -0.15) is 0 Å². The molecule has 5 rings (SSSR count).